The fourth-order valence-corrected chi connectivity index (χ4v) is 6.21. The first-order valence-electron chi connectivity index (χ1n) is 13.3. The van der Waals surface area contributed by atoms with Crippen LogP contribution in [0, 0.1) is 25.5 Å². The average molecular weight is 519 g/mol. The first-order valence-corrected chi connectivity index (χ1v) is 13.3. The minimum atomic E-state index is -0.576. The van der Waals surface area contributed by atoms with Crippen LogP contribution in [0.15, 0.2) is 53.6 Å². The van der Waals surface area contributed by atoms with Gasteiger partial charge in [0.2, 0.25) is 0 Å². The van der Waals surface area contributed by atoms with Crippen LogP contribution in [0.1, 0.15) is 67.0 Å². The van der Waals surface area contributed by atoms with Crippen molar-refractivity contribution in [3.8, 4) is 11.4 Å². The Kier molecular flexibility index (Phi) is 6.20. The summed E-state index contributed by atoms with van der Waals surface area (Å²) >= 11 is 0. The molecule has 0 N–H and O–H groups in total. The summed E-state index contributed by atoms with van der Waals surface area (Å²) in [5, 5.41) is 4.66. The molecule has 0 unspecified atom stereocenters. The van der Waals surface area contributed by atoms with Gasteiger partial charge in [-0.3, -0.25) is 0 Å². The molecule has 2 fully saturated rings. The predicted octanol–water partition coefficient (Wildman–Crippen LogP) is 6.65. The van der Waals surface area contributed by atoms with Crippen molar-refractivity contribution in [2.24, 2.45) is 5.16 Å². The third-order valence-electron chi connectivity index (χ3n) is 8.13. The molecule has 6 nitrogen and oxygen atoms in total. The number of rotatable bonds is 4. The second kappa shape index (κ2) is 9.57. The van der Waals surface area contributed by atoms with Crippen LogP contribution in [0.4, 0.5) is 8.78 Å². The normalized spacial score (nSPS) is 21.4. The summed E-state index contributed by atoms with van der Waals surface area (Å²) in [7, 11) is 1.66. The quantitative estimate of drug-likeness (QED) is 0.388. The molecule has 1 saturated carbocycles. The molecule has 3 heterocycles. The summed E-state index contributed by atoms with van der Waals surface area (Å²) in [5.74, 6) is 0.434. The minimum Gasteiger partial charge on any atom is -0.495 e. The Labute approximate surface area is 221 Å². The van der Waals surface area contributed by atoms with E-state index < -0.39 is 17.2 Å². The van der Waals surface area contributed by atoms with Crippen molar-refractivity contribution >= 4 is 11.9 Å². The highest BCUT2D eigenvalue weighted by Gasteiger charge is 2.52. The molecule has 3 aromatic rings. The molecule has 38 heavy (non-hydrogen) atoms. The third-order valence-corrected chi connectivity index (χ3v) is 8.13. The molecule has 0 radical (unpaired) electrons. The summed E-state index contributed by atoms with van der Waals surface area (Å²) < 4.78 is 37.1. The number of aryl methyl sites for hydroxylation is 1. The molecule has 2 aliphatic heterocycles. The van der Waals surface area contributed by atoms with Crippen LogP contribution in [-0.4, -0.2) is 39.5 Å². The highest BCUT2D eigenvalue weighted by Crippen LogP contribution is 2.50. The molecule has 198 valence electrons. The van der Waals surface area contributed by atoms with E-state index in [9.17, 15) is 8.78 Å². The van der Waals surface area contributed by atoms with Gasteiger partial charge in [0.25, 0.3) is 0 Å². The van der Waals surface area contributed by atoms with E-state index in [1.165, 1.54) is 19.1 Å². The average Bonchev–Trinajstić information content (AvgIpc) is 3.56. The summed E-state index contributed by atoms with van der Waals surface area (Å²) in [5.41, 5.74) is 3.94. The number of benzene rings is 2. The van der Waals surface area contributed by atoms with Crippen LogP contribution in [0.25, 0.3) is 11.8 Å². The van der Waals surface area contributed by atoms with Crippen molar-refractivity contribution in [1.29, 1.82) is 0 Å². The fraction of sp³-hybridized carbons (Fsp3) is 0.400. The summed E-state index contributed by atoms with van der Waals surface area (Å²) in [4.78, 5) is 12.8. The maximum absolute atomic E-state index is 14.7. The number of hydrogen-bond acceptors (Lipinski definition) is 5. The Morgan fingerprint density at radius 1 is 1.08 bits per heavy atom. The van der Waals surface area contributed by atoms with Crippen molar-refractivity contribution in [2.45, 2.75) is 64.0 Å². The zero-order valence-corrected chi connectivity index (χ0v) is 22.0. The number of halogens is 2. The van der Waals surface area contributed by atoms with E-state index in [1.807, 2.05) is 35.9 Å². The van der Waals surface area contributed by atoms with Gasteiger partial charge in [0.15, 0.2) is 11.4 Å². The molecule has 1 atom stereocenters. The van der Waals surface area contributed by atoms with Crippen molar-refractivity contribution in [3.05, 3.63) is 82.4 Å². The van der Waals surface area contributed by atoms with Crippen molar-refractivity contribution < 1.29 is 18.4 Å². The molecule has 1 aromatic heterocycles. The number of oxime groups is 1. The zero-order chi connectivity index (χ0) is 26.4. The zero-order valence-electron chi connectivity index (χ0n) is 22.0. The van der Waals surface area contributed by atoms with Crippen LogP contribution in [0.3, 0.4) is 0 Å². The van der Waals surface area contributed by atoms with Gasteiger partial charge in [-0.05, 0) is 99.4 Å². The lowest BCUT2D eigenvalue weighted by atomic mass is 9.82. The molecule has 1 aliphatic carbocycles. The molecular weight excluding hydrogens is 486 g/mol. The number of aromatic nitrogens is 2. The van der Waals surface area contributed by atoms with E-state index in [1.54, 1.807) is 13.4 Å². The van der Waals surface area contributed by atoms with Gasteiger partial charge in [-0.25, -0.2) is 13.8 Å². The fourth-order valence-electron chi connectivity index (χ4n) is 6.21. The SMILES string of the molecule is COc1cc(/C=C2\CCCN3C2=NOC2(CCCC2)[C@@H]3c2cc(F)c(C)c(F)c2)ccc1-n1cnc(C)c1. The van der Waals surface area contributed by atoms with Gasteiger partial charge >= 0.3 is 0 Å². The summed E-state index contributed by atoms with van der Waals surface area (Å²) in [6.07, 6.45) is 11.2. The molecular formula is C30H32F2N4O2. The number of fused-ring (bicyclic) bond motifs is 1. The maximum atomic E-state index is 14.7. The lowest BCUT2D eigenvalue weighted by molar-refractivity contribution is -0.108. The Balaban J connectivity index is 1.39. The Morgan fingerprint density at radius 3 is 2.53 bits per heavy atom. The topological polar surface area (TPSA) is 51.9 Å². The molecule has 2 aromatic carbocycles. The standard InChI is InChI=1S/C30H32F2N4O2/c1-19-17-35(18-33-19)26-9-8-21(14-27(26)37-3)13-22-7-6-12-36-28(23-15-24(31)20(2)25(32)16-23)30(10-4-5-11-30)38-34-29(22)36/h8-9,13-18,28H,4-7,10-12H2,1-3H3/b22-13+/t28-/m0/s1. The van der Waals surface area contributed by atoms with Gasteiger partial charge in [-0.15, -0.1) is 0 Å². The first-order chi connectivity index (χ1) is 18.4. The molecule has 0 amide bonds. The molecule has 0 bridgehead atoms. The van der Waals surface area contributed by atoms with Gasteiger partial charge in [0, 0.05) is 18.3 Å². The van der Waals surface area contributed by atoms with E-state index in [4.69, 9.17) is 9.57 Å². The summed E-state index contributed by atoms with van der Waals surface area (Å²) in [6, 6.07) is 8.72. The summed E-state index contributed by atoms with van der Waals surface area (Å²) in [6.45, 7) is 4.18. The van der Waals surface area contributed by atoms with E-state index in [-0.39, 0.29) is 11.6 Å². The largest absolute Gasteiger partial charge is 0.495 e. The maximum Gasteiger partial charge on any atom is 0.172 e. The lowest BCUT2D eigenvalue weighted by Crippen LogP contribution is -2.54. The number of imidazole rings is 1. The minimum absolute atomic E-state index is 0.0438. The van der Waals surface area contributed by atoms with E-state index in [0.29, 0.717) is 5.56 Å². The van der Waals surface area contributed by atoms with Crippen LogP contribution >= 0.6 is 0 Å². The number of amidine groups is 1. The van der Waals surface area contributed by atoms with E-state index in [0.717, 1.165) is 79.2 Å². The van der Waals surface area contributed by atoms with Gasteiger partial charge in [-0.1, -0.05) is 11.2 Å². The van der Waals surface area contributed by atoms with Gasteiger partial charge in [-0.2, -0.15) is 0 Å². The molecule has 1 spiro atoms. The van der Waals surface area contributed by atoms with Gasteiger partial charge in [0.1, 0.15) is 17.4 Å². The Morgan fingerprint density at radius 2 is 1.84 bits per heavy atom. The third kappa shape index (κ3) is 4.16. The molecule has 8 heteroatoms. The smallest absolute Gasteiger partial charge is 0.172 e. The van der Waals surface area contributed by atoms with Crippen LogP contribution in [0.5, 0.6) is 5.75 Å². The highest BCUT2D eigenvalue weighted by molar-refractivity contribution is 6.03. The Hall–Kier alpha value is -3.68. The van der Waals surface area contributed by atoms with Crippen molar-refractivity contribution in [1.82, 2.24) is 14.5 Å². The van der Waals surface area contributed by atoms with Crippen molar-refractivity contribution in [2.75, 3.05) is 13.7 Å². The van der Waals surface area contributed by atoms with Gasteiger partial charge in [0.05, 0.1) is 30.9 Å². The second-order valence-electron chi connectivity index (χ2n) is 10.6. The van der Waals surface area contributed by atoms with Crippen LogP contribution in [0.2, 0.25) is 0 Å². The van der Waals surface area contributed by atoms with Crippen LogP contribution < -0.4 is 4.74 Å². The second-order valence-corrected chi connectivity index (χ2v) is 10.6. The van der Waals surface area contributed by atoms with E-state index >= 15 is 0 Å². The molecule has 1 saturated heterocycles. The number of ether oxygens (including phenoxy) is 1. The monoisotopic (exact) mass is 518 g/mol. The van der Waals surface area contributed by atoms with Crippen LogP contribution in [-0.2, 0) is 4.84 Å². The van der Waals surface area contributed by atoms with E-state index in [2.05, 4.69) is 21.1 Å². The number of nitrogens with zero attached hydrogens (tertiary/aromatic N) is 4. The van der Waals surface area contributed by atoms with Gasteiger partial charge < -0.3 is 19.0 Å². The predicted molar refractivity (Wildman–Crippen MR) is 142 cm³/mol. The lowest BCUT2D eigenvalue weighted by Gasteiger charge is -2.49. The molecule has 3 aliphatic rings. The number of methoxy groups -OCH3 is 1. The van der Waals surface area contributed by atoms with Crippen molar-refractivity contribution in [3.63, 3.8) is 0 Å². The number of piperidine rings is 1. The number of hydrogen-bond donors (Lipinski definition) is 0. The highest BCUT2D eigenvalue weighted by atomic mass is 19.1. The first kappa shape index (κ1) is 24.6. The molecule has 6 rings (SSSR count). The Bertz CT molecular complexity index is 1410.